The van der Waals surface area contributed by atoms with E-state index in [1.165, 1.54) is 26.1 Å². The molecule has 3 aliphatic rings. The van der Waals surface area contributed by atoms with Gasteiger partial charge in [-0.3, -0.25) is 38.8 Å². The number of carbonyl (C=O) groups is 6. The van der Waals surface area contributed by atoms with Crippen LogP contribution in [-0.2, 0) is 57.6 Å². The van der Waals surface area contributed by atoms with Crippen molar-refractivity contribution in [3.63, 3.8) is 0 Å². The molecule has 16 nitrogen and oxygen atoms in total. The summed E-state index contributed by atoms with van der Waals surface area (Å²) in [7, 11) is 3.23. The summed E-state index contributed by atoms with van der Waals surface area (Å²) in [5, 5.41) is 7.99. The topological polar surface area (TPSA) is 185 Å². The molecule has 1 aromatic carbocycles. The smallest absolute Gasteiger partial charge is 0.324 e. The number of carbonyl (C=O) groups excluding carboxylic acids is 6. The summed E-state index contributed by atoms with van der Waals surface area (Å²) in [6, 6.07) is 7.46. The molecule has 350 valence electrons. The van der Waals surface area contributed by atoms with Crippen LogP contribution >= 0.6 is 11.3 Å². The lowest BCUT2D eigenvalue weighted by Crippen LogP contribution is -2.62. The Morgan fingerprint density at radius 2 is 1.94 bits per heavy atom. The fraction of sp³-hybridized carbons (Fsp3) is 0.510. The third kappa shape index (κ3) is 10.1. The number of aldehydes is 1. The highest BCUT2D eigenvalue weighted by molar-refractivity contribution is 7.10. The van der Waals surface area contributed by atoms with Gasteiger partial charge in [0.2, 0.25) is 11.8 Å². The molecule has 0 radical (unpaired) electrons. The average Bonchev–Trinajstić information content (AvgIpc) is 4.07. The van der Waals surface area contributed by atoms with Crippen molar-refractivity contribution < 1.29 is 38.2 Å². The summed E-state index contributed by atoms with van der Waals surface area (Å²) >= 11 is 1.39. The molecule has 2 saturated heterocycles. The highest BCUT2D eigenvalue weighted by Crippen LogP contribution is 2.42. The molecule has 5 unspecified atom stereocenters. The SMILES string of the molecule is CCn1c(-c2cccnc2C(C)OC)c2c3cc(ccc31)-c1csc(n1)CC(NC(=O)C(C(C)C)N(C)C(=O)C1CCN(C(=O)C#CC=O)C1)C(=O)N1CCCC(N1)C(=O)OCC(C)(C)C2. The second-order valence-corrected chi connectivity index (χ2v) is 19.5. The van der Waals surface area contributed by atoms with Crippen LogP contribution in [-0.4, -0.2) is 124 Å². The lowest BCUT2D eigenvalue weighted by molar-refractivity contribution is -0.155. The number of hydrogen-bond acceptors (Lipinski definition) is 12. The lowest BCUT2D eigenvalue weighted by Gasteiger charge is -2.36. The molecule has 2 fully saturated rings. The first-order valence-electron chi connectivity index (χ1n) is 22.7. The van der Waals surface area contributed by atoms with Crippen LogP contribution in [0.5, 0.6) is 0 Å². The van der Waals surface area contributed by atoms with Crippen LogP contribution in [0.4, 0.5) is 0 Å². The van der Waals surface area contributed by atoms with Crippen molar-refractivity contribution in [2.75, 3.05) is 40.4 Å². The van der Waals surface area contributed by atoms with Gasteiger partial charge < -0.3 is 29.2 Å². The summed E-state index contributed by atoms with van der Waals surface area (Å²) in [6.07, 6.45) is 3.81. The number of likely N-dealkylation sites (tertiary alicyclic amines) is 1. The summed E-state index contributed by atoms with van der Waals surface area (Å²) < 4.78 is 14.2. The van der Waals surface area contributed by atoms with E-state index in [-0.39, 0.29) is 37.5 Å². The van der Waals surface area contributed by atoms with E-state index in [0.29, 0.717) is 56.6 Å². The van der Waals surface area contributed by atoms with Crippen molar-refractivity contribution in [3.8, 4) is 34.4 Å². The van der Waals surface area contributed by atoms with Crippen molar-refractivity contribution >= 4 is 58.1 Å². The summed E-state index contributed by atoms with van der Waals surface area (Å²) in [5.74, 6) is 1.14. The van der Waals surface area contributed by atoms with E-state index < -0.39 is 53.1 Å². The predicted molar refractivity (Wildman–Crippen MR) is 249 cm³/mol. The molecule has 3 aromatic heterocycles. The Kier molecular flexibility index (Phi) is 14.7. The number of thiazole rings is 1. The second kappa shape index (κ2) is 20.3. The number of aromatic nitrogens is 3. The van der Waals surface area contributed by atoms with E-state index in [1.807, 2.05) is 32.2 Å². The van der Waals surface area contributed by atoms with Gasteiger partial charge in [-0.05, 0) is 81.2 Å². The van der Waals surface area contributed by atoms with Crippen LogP contribution in [0, 0.1) is 29.1 Å². The van der Waals surface area contributed by atoms with Crippen LogP contribution in [0.2, 0.25) is 0 Å². The average molecular weight is 921 g/mol. The normalized spacial score (nSPS) is 20.8. The molecule has 5 atom stereocenters. The number of ether oxygens (including phenoxy) is 2. The maximum Gasteiger partial charge on any atom is 0.324 e. The largest absolute Gasteiger partial charge is 0.464 e. The number of fused-ring (bicyclic) bond motifs is 6. The van der Waals surface area contributed by atoms with Crippen molar-refractivity contribution in [2.24, 2.45) is 17.3 Å². The van der Waals surface area contributed by atoms with E-state index in [4.69, 9.17) is 19.4 Å². The second-order valence-electron chi connectivity index (χ2n) is 18.5. The zero-order valence-electron chi connectivity index (χ0n) is 39.0. The predicted octanol–water partition coefficient (Wildman–Crippen LogP) is 4.74. The van der Waals surface area contributed by atoms with Gasteiger partial charge in [-0.25, -0.2) is 10.4 Å². The Morgan fingerprint density at radius 1 is 1.15 bits per heavy atom. The maximum absolute atomic E-state index is 14.6. The van der Waals surface area contributed by atoms with Gasteiger partial charge in [0, 0.05) is 91.7 Å². The number of rotatable bonds is 9. The number of cyclic esters (lactones) is 1. The fourth-order valence-corrected chi connectivity index (χ4v) is 10.3. The summed E-state index contributed by atoms with van der Waals surface area (Å²) in [5.41, 5.74) is 9.13. The molecule has 3 aliphatic heterocycles. The zero-order valence-corrected chi connectivity index (χ0v) is 39.8. The third-order valence-corrected chi connectivity index (χ3v) is 13.8. The van der Waals surface area contributed by atoms with Crippen LogP contribution < -0.4 is 10.7 Å². The zero-order chi connectivity index (χ0) is 47.4. The van der Waals surface area contributed by atoms with E-state index in [1.54, 1.807) is 20.4 Å². The molecule has 0 spiro atoms. The number of nitrogens with one attached hydrogen (secondary N) is 2. The number of aryl methyl sites for hydroxylation is 1. The molecular weight excluding hydrogens is 861 g/mol. The van der Waals surface area contributed by atoms with E-state index >= 15 is 0 Å². The Bertz CT molecular complexity index is 2570. The number of likely N-dealkylation sites (N-methyl/N-ethyl adjacent to an activating group) is 1. The molecule has 6 bridgehead atoms. The monoisotopic (exact) mass is 920 g/mol. The number of pyridine rings is 1. The highest BCUT2D eigenvalue weighted by Gasteiger charge is 2.40. The Labute approximate surface area is 389 Å². The fourth-order valence-electron chi connectivity index (χ4n) is 9.49. The van der Waals surface area contributed by atoms with E-state index in [9.17, 15) is 28.8 Å². The number of benzene rings is 1. The molecular formula is C49H60N8O8S. The van der Waals surface area contributed by atoms with Gasteiger partial charge in [-0.2, -0.15) is 0 Å². The molecule has 0 aliphatic carbocycles. The number of nitrogens with zero attached hydrogens (tertiary/aromatic N) is 6. The van der Waals surface area contributed by atoms with E-state index in [2.05, 4.69) is 72.2 Å². The minimum absolute atomic E-state index is 0.0477. The Morgan fingerprint density at radius 3 is 2.67 bits per heavy atom. The molecule has 2 N–H and O–H groups in total. The van der Waals surface area contributed by atoms with Gasteiger partial charge in [-0.1, -0.05) is 33.8 Å². The van der Waals surface area contributed by atoms with Crippen molar-refractivity contribution in [1.82, 2.24) is 40.1 Å². The molecule has 6 heterocycles. The van der Waals surface area contributed by atoms with Crippen LogP contribution in [0.25, 0.3) is 33.4 Å². The number of amides is 4. The summed E-state index contributed by atoms with van der Waals surface area (Å²) in [6.45, 7) is 13.4. The van der Waals surface area contributed by atoms with Gasteiger partial charge >= 0.3 is 5.97 Å². The molecule has 66 heavy (non-hydrogen) atoms. The number of hydrazine groups is 1. The lowest BCUT2D eigenvalue weighted by atomic mass is 9.84. The molecule has 4 aromatic rings. The molecule has 17 heteroatoms. The number of methoxy groups -OCH3 is 1. The minimum atomic E-state index is -1.12. The molecule has 0 saturated carbocycles. The van der Waals surface area contributed by atoms with Gasteiger partial charge in [0.15, 0.2) is 6.29 Å². The Balaban J connectivity index is 1.25. The van der Waals surface area contributed by atoms with Crippen LogP contribution in [0.15, 0.2) is 41.9 Å². The quantitative estimate of drug-likeness (QED) is 0.134. The minimum Gasteiger partial charge on any atom is -0.464 e. The van der Waals surface area contributed by atoms with Gasteiger partial charge in [0.1, 0.15) is 18.1 Å². The van der Waals surface area contributed by atoms with Crippen molar-refractivity contribution in [3.05, 3.63) is 58.2 Å². The maximum atomic E-state index is 14.6. The van der Waals surface area contributed by atoms with Crippen molar-refractivity contribution in [1.29, 1.82) is 0 Å². The first kappa shape index (κ1) is 48.0. The first-order chi connectivity index (χ1) is 31.5. The number of hydrogen-bond donors (Lipinski definition) is 2. The van der Waals surface area contributed by atoms with Gasteiger partial charge in [0.05, 0.1) is 40.7 Å². The van der Waals surface area contributed by atoms with Crippen LogP contribution in [0.3, 0.4) is 0 Å². The number of esters is 1. The molecule has 4 amide bonds. The molecule has 7 rings (SSSR count). The van der Waals surface area contributed by atoms with Crippen LogP contribution in [0.1, 0.15) is 83.2 Å². The standard InChI is InChI=1S/C49H60N8O8S/c1-9-56-39-17-16-31-23-34(39)35(44(56)33-13-10-19-50-42(33)30(4)64-8)25-49(5,6)28-65-48(63)36-14-11-20-57(53-36)47(62)37(24-40-51-38(31)27-66-40)52-45(60)43(29(2)3)54(7)46(61)32-18-21-55(26-32)41(59)15-12-22-58/h10,13,16-17,19,22-23,27,29-30,32,36-37,43,53H,9,11,14,18,20-21,24-26,28H2,1-8H3,(H,52,60). The van der Waals surface area contributed by atoms with Gasteiger partial charge in [-0.15, -0.1) is 11.3 Å². The highest BCUT2D eigenvalue weighted by atomic mass is 32.1. The summed E-state index contributed by atoms with van der Waals surface area (Å²) in [4.78, 5) is 92.7. The Hall–Kier alpha value is -5.96. The van der Waals surface area contributed by atoms with Crippen molar-refractivity contribution in [2.45, 2.75) is 104 Å². The first-order valence-corrected chi connectivity index (χ1v) is 23.6. The van der Waals surface area contributed by atoms with E-state index in [0.717, 1.165) is 44.7 Å². The third-order valence-electron chi connectivity index (χ3n) is 12.9. The van der Waals surface area contributed by atoms with Gasteiger partial charge in [0.25, 0.3) is 11.8 Å².